The molecule has 43 heavy (non-hydrogen) atoms. The zero-order valence-corrected chi connectivity index (χ0v) is 24.9. The Morgan fingerprint density at radius 1 is 0.860 bits per heavy atom. The number of amides is 3. The number of ketones is 1. The summed E-state index contributed by atoms with van der Waals surface area (Å²) in [6.45, 7) is 4.41. The maximum atomic E-state index is 13.3. The molecule has 8 nitrogen and oxygen atoms in total. The Labute approximate surface area is 253 Å². The molecule has 3 aromatic rings. The molecule has 0 heterocycles. The second-order valence-corrected chi connectivity index (χ2v) is 11.6. The van der Waals surface area contributed by atoms with E-state index < -0.39 is 24.0 Å². The van der Waals surface area contributed by atoms with Gasteiger partial charge in [0.25, 0.3) is 0 Å². The van der Waals surface area contributed by atoms with E-state index in [1.165, 1.54) is 0 Å². The quantitative estimate of drug-likeness (QED) is 0.214. The molecule has 4 N–H and O–H groups in total. The Morgan fingerprint density at radius 2 is 1.47 bits per heavy atom. The van der Waals surface area contributed by atoms with E-state index in [2.05, 4.69) is 34.9 Å². The predicted octanol–water partition coefficient (Wildman–Crippen LogP) is 5.14. The number of Topliss-reactive ketones (excluding diaryl/α,β-unsaturated/α-hetero) is 1. The maximum absolute atomic E-state index is 13.3. The number of alkyl carbamates (subject to hydrolysis) is 1. The Balaban J connectivity index is 1.30. The van der Waals surface area contributed by atoms with Gasteiger partial charge in [-0.25, -0.2) is 4.79 Å². The molecule has 2 atom stereocenters. The van der Waals surface area contributed by atoms with Crippen molar-refractivity contribution in [3.63, 3.8) is 0 Å². The summed E-state index contributed by atoms with van der Waals surface area (Å²) in [5.41, 5.74) is 11.0. The normalized spacial score (nSPS) is 13.5. The molecular weight excluding hydrogens is 542 g/mol. The Morgan fingerprint density at radius 3 is 2.07 bits per heavy atom. The van der Waals surface area contributed by atoms with E-state index in [1.54, 1.807) is 0 Å². The van der Waals surface area contributed by atoms with Crippen LogP contribution in [0.15, 0.2) is 78.9 Å². The molecule has 0 unspecified atom stereocenters. The first-order valence-electron chi connectivity index (χ1n) is 15.0. The van der Waals surface area contributed by atoms with Crippen LogP contribution in [0.1, 0.15) is 62.1 Å². The molecule has 0 aliphatic heterocycles. The summed E-state index contributed by atoms with van der Waals surface area (Å²) in [6, 6.07) is 24.8. The maximum Gasteiger partial charge on any atom is 0.407 e. The van der Waals surface area contributed by atoms with Crippen LogP contribution in [-0.2, 0) is 25.5 Å². The van der Waals surface area contributed by atoms with Gasteiger partial charge in [0, 0.05) is 24.8 Å². The van der Waals surface area contributed by atoms with Gasteiger partial charge in [-0.05, 0) is 53.0 Å². The second-order valence-electron chi connectivity index (χ2n) is 11.6. The average molecular weight is 584 g/mol. The molecule has 0 saturated heterocycles. The molecule has 8 heteroatoms. The number of carbonyl (C=O) groups excluding carboxylic acids is 4. The zero-order chi connectivity index (χ0) is 30.8. The topological polar surface area (TPSA) is 128 Å². The van der Waals surface area contributed by atoms with Crippen molar-refractivity contribution in [2.75, 3.05) is 13.2 Å². The van der Waals surface area contributed by atoms with Crippen molar-refractivity contribution >= 4 is 23.7 Å². The summed E-state index contributed by atoms with van der Waals surface area (Å²) in [7, 11) is 0. The van der Waals surface area contributed by atoms with Gasteiger partial charge in [-0.15, -0.1) is 0 Å². The van der Waals surface area contributed by atoms with Crippen LogP contribution in [0, 0.1) is 11.8 Å². The Kier molecular flexibility index (Phi) is 11.1. The number of hydrogen-bond donors (Lipinski definition) is 3. The zero-order valence-electron chi connectivity index (χ0n) is 24.9. The highest BCUT2D eigenvalue weighted by molar-refractivity contribution is 5.92. The van der Waals surface area contributed by atoms with E-state index in [0.717, 1.165) is 27.8 Å². The molecule has 0 saturated carbocycles. The molecule has 3 amide bonds. The van der Waals surface area contributed by atoms with Crippen LogP contribution in [0.5, 0.6) is 0 Å². The van der Waals surface area contributed by atoms with Crippen LogP contribution in [0.4, 0.5) is 4.79 Å². The first-order valence-corrected chi connectivity index (χ1v) is 15.0. The minimum absolute atomic E-state index is 0.0379. The molecule has 0 bridgehead atoms. The van der Waals surface area contributed by atoms with Crippen LogP contribution < -0.4 is 16.4 Å². The van der Waals surface area contributed by atoms with Crippen molar-refractivity contribution in [3.8, 4) is 11.1 Å². The van der Waals surface area contributed by atoms with Gasteiger partial charge in [0.05, 0.1) is 12.5 Å². The number of hydrogen-bond acceptors (Lipinski definition) is 5. The molecule has 0 fully saturated rings. The molecule has 4 rings (SSSR count). The summed E-state index contributed by atoms with van der Waals surface area (Å²) < 4.78 is 5.60. The second kappa shape index (κ2) is 15.1. The number of fused-ring (bicyclic) bond motifs is 3. The number of benzene rings is 3. The minimum atomic E-state index is -0.797. The van der Waals surface area contributed by atoms with Crippen LogP contribution in [-0.4, -0.2) is 42.9 Å². The number of rotatable bonds is 15. The van der Waals surface area contributed by atoms with E-state index in [1.807, 2.05) is 68.4 Å². The van der Waals surface area contributed by atoms with Crippen LogP contribution in [0.25, 0.3) is 11.1 Å². The van der Waals surface area contributed by atoms with E-state index in [-0.39, 0.29) is 49.5 Å². The standard InChI is InChI=1S/C35H41N3O5/c1-23(2)19-25(34(36)41)21-32(39)31(38-33(40)20-24-11-4-3-5-12-24)17-10-18-37-35(42)43-22-30-28-15-8-6-13-26(28)27-14-7-9-16-29(27)30/h3-9,11-16,23,25,30-31H,10,17-22H2,1-2H3,(H2,36,41)(H,37,42)(H,38,40)/t25-,31+/m1/s1. The molecule has 226 valence electrons. The first-order chi connectivity index (χ1) is 20.7. The number of nitrogens with one attached hydrogen (secondary N) is 2. The van der Waals surface area contributed by atoms with Gasteiger partial charge in [0.1, 0.15) is 6.61 Å². The number of primary amides is 1. The largest absolute Gasteiger partial charge is 0.449 e. The van der Waals surface area contributed by atoms with Crippen molar-refractivity contribution in [2.24, 2.45) is 17.6 Å². The van der Waals surface area contributed by atoms with Crippen molar-refractivity contribution in [2.45, 2.75) is 57.9 Å². The van der Waals surface area contributed by atoms with Gasteiger partial charge < -0.3 is 21.1 Å². The van der Waals surface area contributed by atoms with Crippen molar-refractivity contribution < 1.29 is 23.9 Å². The fourth-order valence-electron chi connectivity index (χ4n) is 5.74. The number of ether oxygens (including phenoxy) is 1. The predicted molar refractivity (Wildman–Crippen MR) is 166 cm³/mol. The summed E-state index contributed by atoms with van der Waals surface area (Å²) in [5, 5.41) is 5.62. The van der Waals surface area contributed by atoms with Gasteiger partial charge in [0.2, 0.25) is 11.8 Å². The lowest BCUT2D eigenvalue weighted by atomic mass is 9.89. The van der Waals surface area contributed by atoms with Crippen molar-refractivity contribution in [1.82, 2.24) is 10.6 Å². The van der Waals surface area contributed by atoms with Gasteiger partial charge in [-0.3, -0.25) is 14.4 Å². The van der Waals surface area contributed by atoms with Gasteiger partial charge in [-0.2, -0.15) is 0 Å². The van der Waals surface area contributed by atoms with E-state index >= 15 is 0 Å². The SMILES string of the molecule is CC(C)C[C@H](CC(=O)[C@H](CCCNC(=O)OCC1c2ccccc2-c2ccccc21)NC(=O)Cc1ccccc1)C(N)=O. The van der Waals surface area contributed by atoms with Crippen molar-refractivity contribution in [3.05, 3.63) is 95.6 Å². The molecular formula is C35H41N3O5. The molecule has 3 aromatic carbocycles. The molecule has 1 aliphatic carbocycles. The van der Waals surface area contributed by atoms with Crippen molar-refractivity contribution in [1.29, 1.82) is 0 Å². The van der Waals surface area contributed by atoms with Gasteiger partial charge >= 0.3 is 6.09 Å². The third-order valence-electron chi connectivity index (χ3n) is 7.82. The first kappa shape index (κ1) is 31.5. The lowest BCUT2D eigenvalue weighted by molar-refractivity contribution is -0.131. The highest BCUT2D eigenvalue weighted by atomic mass is 16.5. The molecule has 0 spiro atoms. The lowest BCUT2D eigenvalue weighted by Gasteiger charge is -2.21. The third-order valence-corrected chi connectivity index (χ3v) is 7.82. The Hall–Kier alpha value is -4.46. The summed E-state index contributed by atoms with van der Waals surface area (Å²) >= 11 is 0. The summed E-state index contributed by atoms with van der Waals surface area (Å²) in [5.74, 6) is -1.49. The van der Waals surface area contributed by atoms with E-state index in [9.17, 15) is 19.2 Å². The minimum Gasteiger partial charge on any atom is -0.449 e. The fraction of sp³-hybridized carbons (Fsp3) is 0.371. The van der Waals surface area contributed by atoms with E-state index in [0.29, 0.717) is 19.3 Å². The van der Waals surface area contributed by atoms with Crippen LogP contribution in [0.2, 0.25) is 0 Å². The Bertz CT molecular complexity index is 1380. The molecule has 1 aliphatic rings. The smallest absolute Gasteiger partial charge is 0.407 e. The van der Waals surface area contributed by atoms with Gasteiger partial charge in [0.15, 0.2) is 5.78 Å². The van der Waals surface area contributed by atoms with Crippen LogP contribution >= 0.6 is 0 Å². The summed E-state index contributed by atoms with van der Waals surface area (Å²) in [6.07, 6.45) is 0.781. The summed E-state index contributed by atoms with van der Waals surface area (Å²) in [4.78, 5) is 50.7. The monoisotopic (exact) mass is 583 g/mol. The molecule has 0 aromatic heterocycles. The highest BCUT2D eigenvalue weighted by Gasteiger charge is 2.29. The van der Waals surface area contributed by atoms with Crippen LogP contribution in [0.3, 0.4) is 0 Å². The highest BCUT2D eigenvalue weighted by Crippen LogP contribution is 2.44. The average Bonchev–Trinajstić information content (AvgIpc) is 3.31. The third kappa shape index (κ3) is 8.77. The number of carbonyl (C=O) groups is 4. The molecule has 0 radical (unpaired) electrons. The van der Waals surface area contributed by atoms with Gasteiger partial charge in [-0.1, -0.05) is 92.7 Å². The van der Waals surface area contributed by atoms with E-state index in [4.69, 9.17) is 10.5 Å². The lowest BCUT2D eigenvalue weighted by Crippen LogP contribution is -2.43. The number of nitrogens with two attached hydrogens (primary N) is 1. The fourth-order valence-corrected chi connectivity index (χ4v) is 5.74.